The molecule has 0 saturated carbocycles. The average Bonchev–Trinajstić information content (AvgIpc) is 3.02. The van der Waals surface area contributed by atoms with Gasteiger partial charge in [0.15, 0.2) is 0 Å². The number of nitrogens with one attached hydrogen (secondary N) is 1. The largest absolute Gasteiger partial charge is 0.321 e. The van der Waals surface area contributed by atoms with Gasteiger partial charge in [-0.05, 0) is 30.2 Å². The Bertz CT molecular complexity index is 416. The normalized spacial score (nSPS) is 23.0. The van der Waals surface area contributed by atoms with Crippen LogP contribution in [0.4, 0.5) is 0 Å². The second-order valence-electron chi connectivity index (χ2n) is 5.99. The summed E-state index contributed by atoms with van der Waals surface area (Å²) in [6.45, 7) is 7.45. The van der Waals surface area contributed by atoms with Crippen LogP contribution in [0.25, 0.3) is 0 Å². The van der Waals surface area contributed by atoms with Gasteiger partial charge < -0.3 is 4.90 Å². The van der Waals surface area contributed by atoms with Gasteiger partial charge in [-0.25, -0.2) is 0 Å². The smallest absolute Gasteiger partial charge is 0.241 e. The number of rotatable bonds is 7. The first-order chi connectivity index (χ1) is 9.63. The fraction of sp³-hybridized carbons (Fsp3) is 0.688. The Morgan fingerprint density at radius 1 is 1.45 bits per heavy atom. The van der Waals surface area contributed by atoms with E-state index in [1.54, 1.807) is 11.3 Å². The summed E-state index contributed by atoms with van der Waals surface area (Å²) in [5.74, 6) is 0.916. The van der Waals surface area contributed by atoms with E-state index < -0.39 is 0 Å². The van der Waals surface area contributed by atoms with Crippen molar-refractivity contribution in [1.82, 2.24) is 10.2 Å². The lowest BCUT2D eigenvalue weighted by Gasteiger charge is -2.24. The van der Waals surface area contributed by atoms with Crippen LogP contribution in [0, 0.1) is 5.92 Å². The predicted octanol–water partition coefficient (Wildman–Crippen LogP) is 3.78. The van der Waals surface area contributed by atoms with Crippen LogP contribution in [0.15, 0.2) is 17.5 Å². The van der Waals surface area contributed by atoms with Crippen molar-refractivity contribution in [2.75, 3.05) is 6.54 Å². The highest BCUT2D eigenvalue weighted by molar-refractivity contribution is 7.10. The molecule has 1 saturated heterocycles. The summed E-state index contributed by atoms with van der Waals surface area (Å²) < 4.78 is 0. The van der Waals surface area contributed by atoms with Crippen molar-refractivity contribution >= 4 is 17.2 Å². The molecule has 1 N–H and O–H groups in total. The zero-order chi connectivity index (χ0) is 14.5. The van der Waals surface area contributed by atoms with Gasteiger partial charge in [0.05, 0.1) is 6.04 Å². The van der Waals surface area contributed by atoms with Crippen molar-refractivity contribution in [3.8, 4) is 0 Å². The fourth-order valence-electron chi connectivity index (χ4n) is 2.61. The Hall–Kier alpha value is -0.870. The summed E-state index contributed by atoms with van der Waals surface area (Å²) in [5, 5.41) is 5.62. The van der Waals surface area contributed by atoms with Crippen LogP contribution < -0.4 is 5.32 Å². The zero-order valence-corrected chi connectivity index (χ0v) is 13.6. The van der Waals surface area contributed by atoms with Crippen LogP contribution in [-0.4, -0.2) is 23.4 Å². The molecular weight excluding hydrogens is 268 g/mol. The van der Waals surface area contributed by atoms with Gasteiger partial charge in [-0.2, -0.15) is 0 Å². The quantitative estimate of drug-likeness (QED) is 0.830. The predicted molar refractivity (Wildman–Crippen MR) is 84.7 cm³/mol. The molecule has 0 spiro atoms. The number of carbonyl (C=O) groups is 1. The maximum absolute atomic E-state index is 12.6. The summed E-state index contributed by atoms with van der Waals surface area (Å²) in [7, 11) is 0. The van der Waals surface area contributed by atoms with Gasteiger partial charge in [-0.15, -0.1) is 11.3 Å². The van der Waals surface area contributed by atoms with E-state index in [2.05, 4.69) is 43.6 Å². The molecule has 1 fully saturated rings. The highest BCUT2D eigenvalue weighted by Gasteiger charge is 2.39. The van der Waals surface area contributed by atoms with Gasteiger partial charge in [0.25, 0.3) is 0 Å². The molecule has 0 aromatic carbocycles. The van der Waals surface area contributed by atoms with E-state index in [0.717, 1.165) is 32.2 Å². The molecular formula is C16H26N2OS. The molecule has 1 aliphatic rings. The van der Waals surface area contributed by atoms with Crippen LogP contribution in [0.5, 0.6) is 0 Å². The maximum Gasteiger partial charge on any atom is 0.241 e. The van der Waals surface area contributed by atoms with Gasteiger partial charge in [0.1, 0.15) is 6.17 Å². The third-order valence-corrected chi connectivity index (χ3v) is 4.78. The van der Waals surface area contributed by atoms with Gasteiger partial charge in [0, 0.05) is 11.4 Å². The number of unbranched alkanes of at least 4 members (excludes halogenated alkanes) is 1. The highest BCUT2D eigenvalue weighted by Crippen LogP contribution is 2.30. The van der Waals surface area contributed by atoms with Crippen LogP contribution in [0.1, 0.15) is 57.5 Å². The van der Waals surface area contributed by atoms with Gasteiger partial charge in [-0.1, -0.05) is 39.7 Å². The van der Waals surface area contributed by atoms with Crippen molar-refractivity contribution in [3.05, 3.63) is 22.4 Å². The molecule has 1 aromatic heterocycles. The van der Waals surface area contributed by atoms with Crippen molar-refractivity contribution in [2.24, 2.45) is 5.92 Å². The minimum atomic E-state index is 0.00853. The maximum atomic E-state index is 12.6. The van der Waals surface area contributed by atoms with E-state index in [9.17, 15) is 4.79 Å². The summed E-state index contributed by atoms with van der Waals surface area (Å²) in [6, 6.07) is 4.20. The van der Waals surface area contributed by atoms with E-state index in [4.69, 9.17) is 0 Å². The van der Waals surface area contributed by atoms with Gasteiger partial charge >= 0.3 is 0 Å². The topological polar surface area (TPSA) is 32.3 Å². The lowest BCUT2D eigenvalue weighted by atomic mass is 10.1. The second kappa shape index (κ2) is 7.23. The first-order valence-electron chi connectivity index (χ1n) is 7.73. The van der Waals surface area contributed by atoms with Crippen molar-refractivity contribution in [2.45, 2.75) is 58.7 Å². The molecule has 2 atom stereocenters. The average molecular weight is 294 g/mol. The number of thiophene rings is 1. The third kappa shape index (κ3) is 3.61. The third-order valence-electron chi connectivity index (χ3n) is 3.86. The molecule has 2 heterocycles. The number of hydrogen-bond donors (Lipinski definition) is 1. The first kappa shape index (κ1) is 15.5. The molecule has 4 heteroatoms. The highest BCUT2D eigenvalue weighted by atomic mass is 32.1. The first-order valence-corrected chi connectivity index (χ1v) is 8.61. The summed E-state index contributed by atoms with van der Waals surface area (Å²) in [6.07, 6.45) is 4.35. The van der Waals surface area contributed by atoms with Crippen molar-refractivity contribution in [3.63, 3.8) is 0 Å². The molecule has 2 unspecified atom stereocenters. The minimum Gasteiger partial charge on any atom is -0.321 e. The monoisotopic (exact) mass is 294 g/mol. The van der Waals surface area contributed by atoms with Crippen LogP contribution in [-0.2, 0) is 4.79 Å². The van der Waals surface area contributed by atoms with E-state index in [1.165, 1.54) is 4.88 Å². The molecule has 3 nitrogen and oxygen atoms in total. The molecule has 0 bridgehead atoms. The molecule has 0 radical (unpaired) electrons. The van der Waals surface area contributed by atoms with E-state index in [0.29, 0.717) is 5.92 Å². The second-order valence-corrected chi connectivity index (χ2v) is 6.97. The number of amides is 1. The Kier molecular flexibility index (Phi) is 5.61. The summed E-state index contributed by atoms with van der Waals surface area (Å²) in [4.78, 5) is 15.9. The van der Waals surface area contributed by atoms with Crippen LogP contribution >= 0.6 is 11.3 Å². The standard InChI is InChI=1S/C16H26N2OS/c1-4-5-7-13-16(19)18(10-9-12(2)3)15(17-13)14-8-6-11-20-14/h6,8,11-13,15,17H,4-5,7,9-10H2,1-3H3. The molecule has 1 aliphatic heterocycles. The minimum absolute atomic E-state index is 0.00853. The summed E-state index contributed by atoms with van der Waals surface area (Å²) >= 11 is 1.73. The van der Waals surface area contributed by atoms with Crippen LogP contribution in [0.2, 0.25) is 0 Å². The molecule has 0 aliphatic carbocycles. The number of nitrogens with zero attached hydrogens (tertiary/aromatic N) is 1. The summed E-state index contributed by atoms with van der Waals surface area (Å²) in [5.41, 5.74) is 0. The Morgan fingerprint density at radius 3 is 2.85 bits per heavy atom. The van der Waals surface area contributed by atoms with Crippen molar-refractivity contribution in [1.29, 1.82) is 0 Å². The lowest BCUT2D eigenvalue weighted by Crippen LogP contribution is -2.32. The van der Waals surface area contributed by atoms with Crippen molar-refractivity contribution < 1.29 is 4.79 Å². The zero-order valence-electron chi connectivity index (χ0n) is 12.8. The van der Waals surface area contributed by atoms with E-state index >= 15 is 0 Å². The molecule has 2 rings (SSSR count). The van der Waals surface area contributed by atoms with E-state index in [1.807, 2.05) is 4.90 Å². The SMILES string of the molecule is CCCCC1NC(c2cccs2)N(CCC(C)C)C1=O. The molecule has 20 heavy (non-hydrogen) atoms. The molecule has 112 valence electrons. The fourth-order valence-corrected chi connectivity index (χ4v) is 3.41. The molecule has 1 amide bonds. The lowest BCUT2D eigenvalue weighted by molar-refractivity contribution is -0.130. The Balaban J connectivity index is 2.08. The number of carbonyl (C=O) groups excluding carboxylic acids is 1. The molecule has 1 aromatic rings. The van der Waals surface area contributed by atoms with E-state index in [-0.39, 0.29) is 18.1 Å². The van der Waals surface area contributed by atoms with Gasteiger partial charge in [0.2, 0.25) is 5.91 Å². The van der Waals surface area contributed by atoms with Crippen LogP contribution in [0.3, 0.4) is 0 Å². The van der Waals surface area contributed by atoms with Gasteiger partial charge in [-0.3, -0.25) is 10.1 Å². The number of hydrogen-bond acceptors (Lipinski definition) is 3. The Labute approximate surface area is 126 Å². The Morgan fingerprint density at radius 2 is 2.25 bits per heavy atom.